The summed E-state index contributed by atoms with van der Waals surface area (Å²) in [5, 5.41) is 0.0227. The minimum atomic E-state index is -0.491. The molecule has 5 nitrogen and oxygen atoms in total. The summed E-state index contributed by atoms with van der Waals surface area (Å²) in [6.07, 6.45) is 4.49. The molecular weight excluding hydrogens is 413 g/mol. The second-order valence-corrected chi connectivity index (χ2v) is 7.68. The first-order chi connectivity index (χ1) is 15.0. The molecule has 0 bridgehead atoms. The van der Waals surface area contributed by atoms with Crippen molar-refractivity contribution >= 4 is 17.5 Å². The normalized spacial score (nSPS) is 12.0. The van der Waals surface area contributed by atoms with Crippen LogP contribution in [0.15, 0.2) is 73.1 Å². The number of nitrogens with two attached hydrogens (primary N) is 2. The first-order valence-electron chi connectivity index (χ1n) is 9.83. The van der Waals surface area contributed by atoms with Crippen LogP contribution in [0.3, 0.4) is 0 Å². The molecule has 0 aliphatic heterocycles. The molecule has 0 aliphatic carbocycles. The van der Waals surface area contributed by atoms with Gasteiger partial charge in [0.25, 0.3) is 0 Å². The second-order valence-electron chi connectivity index (χ2n) is 7.27. The van der Waals surface area contributed by atoms with E-state index in [-0.39, 0.29) is 17.0 Å². The van der Waals surface area contributed by atoms with Gasteiger partial charge in [-0.15, -0.1) is 0 Å². The SMILES string of the molecule is Nc1nc(C[C@@H](N)Cc2ccccc2)c(-c2ccc(F)c(Cl)c2)c(-c2ccncc2)n1. The van der Waals surface area contributed by atoms with Crippen molar-refractivity contribution in [2.45, 2.75) is 18.9 Å². The number of hydrogen-bond acceptors (Lipinski definition) is 5. The van der Waals surface area contributed by atoms with Crippen LogP contribution in [-0.4, -0.2) is 21.0 Å². The summed E-state index contributed by atoms with van der Waals surface area (Å²) in [7, 11) is 0. The van der Waals surface area contributed by atoms with Gasteiger partial charge in [-0.25, -0.2) is 14.4 Å². The lowest BCUT2D eigenvalue weighted by molar-refractivity contribution is 0.628. The Hall–Kier alpha value is -3.35. The summed E-state index contributed by atoms with van der Waals surface area (Å²) in [5.41, 5.74) is 17.2. The number of aromatic nitrogens is 3. The molecule has 0 amide bonds. The van der Waals surface area contributed by atoms with E-state index >= 15 is 0 Å². The molecule has 31 heavy (non-hydrogen) atoms. The first kappa shape index (κ1) is 20.9. The van der Waals surface area contributed by atoms with Crippen molar-refractivity contribution < 1.29 is 4.39 Å². The van der Waals surface area contributed by atoms with Crippen LogP contribution in [0.4, 0.5) is 10.3 Å². The van der Waals surface area contributed by atoms with Gasteiger partial charge >= 0.3 is 0 Å². The van der Waals surface area contributed by atoms with Crippen molar-refractivity contribution in [3.8, 4) is 22.4 Å². The quantitative estimate of drug-likeness (QED) is 0.460. The Morgan fingerprint density at radius 2 is 1.65 bits per heavy atom. The summed E-state index contributed by atoms with van der Waals surface area (Å²) in [5.74, 6) is -0.347. The Balaban J connectivity index is 1.81. The molecule has 0 saturated heterocycles. The summed E-state index contributed by atoms with van der Waals surface area (Å²) < 4.78 is 13.8. The fraction of sp³-hybridized carbons (Fsp3) is 0.125. The van der Waals surface area contributed by atoms with Gasteiger partial charge in [-0.1, -0.05) is 48.0 Å². The third-order valence-electron chi connectivity index (χ3n) is 4.96. The molecule has 0 unspecified atom stereocenters. The highest BCUT2D eigenvalue weighted by Crippen LogP contribution is 2.35. The number of benzene rings is 2. The Morgan fingerprint density at radius 3 is 2.35 bits per heavy atom. The van der Waals surface area contributed by atoms with Gasteiger partial charge in [0.15, 0.2) is 0 Å². The average Bonchev–Trinajstić information content (AvgIpc) is 2.77. The highest BCUT2D eigenvalue weighted by Gasteiger charge is 2.20. The Labute approximate surface area is 185 Å². The topological polar surface area (TPSA) is 90.7 Å². The summed E-state index contributed by atoms with van der Waals surface area (Å²) in [6, 6.07) is 18.1. The molecule has 156 valence electrons. The van der Waals surface area contributed by atoms with Gasteiger partial charge in [0.1, 0.15) is 5.82 Å². The Kier molecular flexibility index (Phi) is 6.21. The molecule has 4 rings (SSSR count). The van der Waals surface area contributed by atoms with Crippen molar-refractivity contribution in [2.24, 2.45) is 5.73 Å². The molecule has 0 aliphatic rings. The third-order valence-corrected chi connectivity index (χ3v) is 5.25. The molecule has 0 saturated carbocycles. The van der Waals surface area contributed by atoms with Gasteiger partial charge in [0.05, 0.1) is 16.4 Å². The van der Waals surface area contributed by atoms with Crippen LogP contribution in [0.5, 0.6) is 0 Å². The van der Waals surface area contributed by atoms with Crippen molar-refractivity contribution in [1.82, 2.24) is 15.0 Å². The number of nitrogen functional groups attached to an aromatic ring is 1. The maximum Gasteiger partial charge on any atom is 0.220 e. The van der Waals surface area contributed by atoms with Crippen LogP contribution in [0, 0.1) is 5.82 Å². The molecular formula is C24H21ClFN5. The molecule has 0 fully saturated rings. The monoisotopic (exact) mass is 433 g/mol. The predicted molar refractivity (Wildman–Crippen MR) is 122 cm³/mol. The van der Waals surface area contributed by atoms with E-state index in [0.717, 1.165) is 16.7 Å². The predicted octanol–water partition coefficient (Wildman–Crippen LogP) is 4.69. The van der Waals surface area contributed by atoms with Crippen LogP contribution in [0.25, 0.3) is 22.4 Å². The molecule has 2 aromatic carbocycles. The molecule has 1 atom stereocenters. The molecule has 0 radical (unpaired) electrons. The lowest BCUT2D eigenvalue weighted by atomic mass is 9.93. The minimum Gasteiger partial charge on any atom is -0.368 e. The maximum atomic E-state index is 13.8. The van der Waals surface area contributed by atoms with Crippen LogP contribution >= 0.6 is 11.6 Å². The summed E-state index contributed by atoms with van der Waals surface area (Å²) in [4.78, 5) is 13.1. The number of pyridine rings is 1. The Morgan fingerprint density at radius 1 is 0.903 bits per heavy atom. The van der Waals surface area contributed by atoms with E-state index < -0.39 is 5.82 Å². The maximum absolute atomic E-state index is 13.8. The minimum absolute atomic E-state index is 0.0227. The number of rotatable bonds is 6. The van der Waals surface area contributed by atoms with E-state index in [2.05, 4.69) is 15.0 Å². The zero-order valence-corrected chi connectivity index (χ0v) is 17.4. The summed E-state index contributed by atoms with van der Waals surface area (Å²) in [6.45, 7) is 0. The van der Waals surface area contributed by atoms with Gasteiger partial charge in [-0.3, -0.25) is 4.98 Å². The van der Waals surface area contributed by atoms with Gasteiger partial charge in [-0.05, 0) is 41.8 Å². The fourth-order valence-corrected chi connectivity index (χ4v) is 3.77. The smallest absolute Gasteiger partial charge is 0.220 e. The number of anilines is 1. The zero-order valence-electron chi connectivity index (χ0n) is 16.7. The van der Waals surface area contributed by atoms with Crippen LogP contribution in [0.2, 0.25) is 5.02 Å². The molecule has 2 heterocycles. The van der Waals surface area contributed by atoms with E-state index in [4.69, 9.17) is 23.1 Å². The van der Waals surface area contributed by atoms with Crippen molar-refractivity contribution in [3.05, 3.63) is 95.2 Å². The van der Waals surface area contributed by atoms with Gasteiger partial charge < -0.3 is 11.5 Å². The van der Waals surface area contributed by atoms with Crippen molar-refractivity contribution in [1.29, 1.82) is 0 Å². The van der Waals surface area contributed by atoms with E-state index in [0.29, 0.717) is 29.8 Å². The fourth-order valence-electron chi connectivity index (χ4n) is 3.59. The van der Waals surface area contributed by atoms with E-state index in [1.807, 2.05) is 42.5 Å². The zero-order chi connectivity index (χ0) is 21.8. The lowest BCUT2D eigenvalue weighted by Crippen LogP contribution is -2.26. The van der Waals surface area contributed by atoms with E-state index in [1.165, 1.54) is 6.07 Å². The highest BCUT2D eigenvalue weighted by atomic mass is 35.5. The second kappa shape index (κ2) is 9.20. The van der Waals surface area contributed by atoms with Crippen LogP contribution in [-0.2, 0) is 12.8 Å². The molecule has 7 heteroatoms. The number of hydrogen-bond donors (Lipinski definition) is 2. The standard InChI is InChI=1S/C24H21ClFN5/c25-19-13-17(6-7-20(19)26)22-21(14-18(27)12-15-4-2-1-3-5-15)30-24(28)31-23(22)16-8-10-29-11-9-16/h1-11,13,18H,12,14,27H2,(H2,28,30,31)/t18-/m0/s1. The van der Waals surface area contributed by atoms with Gasteiger partial charge in [0.2, 0.25) is 5.95 Å². The van der Waals surface area contributed by atoms with E-state index in [9.17, 15) is 4.39 Å². The number of halogens is 2. The molecule has 0 spiro atoms. The first-order valence-corrected chi connectivity index (χ1v) is 10.2. The molecule has 2 aromatic heterocycles. The Bertz CT molecular complexity index is 1190. The van der Waals surface area contributed by atoms with Crippen molar-refractivity contribution in [3.63, 3.8) is 0 Å². The van der Waals surface area contributed by atoms with Crippen LogP contribution in [0.1, 0.15) is 11.3 Å². The third kappa shape index (κ3) is 4.87. The largest absolute Gasteiger partial charge is 0.368 e. The van der Waals surface area contributed by atoms with Crippen LogP contribution < -0.4 is 11.5 Å². The van der Waals surface area contributed by atoms with Crippen molar-refractivity contribution in [2.75, 3.05) is 5.73 Å². The average molecular weight is 434 g/mol. The molecule has 4 aromatic rings. The lowest BCUT2D eigenvalue weighted by Gasteiger charge is -2.18. The highest BCUT2D eigenvalue weighted by molar-refractivity contribution is 6.31. The van der Waals surface area contributed by atoms with Gasteiger partial charge in [0, 0.05) is 36.0 Å². The molecule has 4 N–H and O–H groups in total. The van der Waals surface area contributed by atoms with E-state index in [1.54, 1.807) is 24.5 Å². The van der Waals surface area contributed by atoms with Gasteiger partial charge in [-0.2, -0.15) is 0 Å². The number of nitrogens with zero attached hydrogens (tertiary/aromatic N) is 3. The summed E-state index contributed by atoms with van der Waals surface area (Å²) >= 11 is 6.08.